The van der Waals surface area contributed by atoms with Crippen LogP contribution in [0.15, 0.2) is 0 Å². The topological polar surface area (TPSA) is 43.4 Å². The van der Waals surface area contributed by atoms with Gasteiger partial charge >= 0.3 is 15.6 Å². The maximum Gasteiger partial charge on any atom is 0.523 e. The van der Waals surface area contributed by atoms with E-state index in [1.165, 1.54) is 44.9 Å². The molecule has 0 saturated carbocycles. The highest BCUT2D eigenvalue weighted by molar-refractivity contribution is 7.87. The van der Waals surface area contributed by atoms with Crippen LogP contribution in [0.5, 0.6) is 0 Å². The second-order valence-corrected chi connectivity index (χ2v) is 8.87. The lowest BCUT2D eigenvalue weighted by Crippen LogP contribution is -2.30. The minimum absolute atomic E-state index is 0.438. The van der Waals surface area contributed by atoms with Crippen molar-refractivity contribution >= 4 is 10.1 Å². The number of unbranched alkanes of at least 4 members (excludes halogenated alkanes) is 9. The minimum Gasteiger partial charge on any atom is -0.263 e. The first kappa shape index (κ1) is 23.7. The number of alkyl halides is 3. The predicted octanol–water partition coefficient (Wildman–Crippen LogP) is 6.19. The molecule has 0 spiro atoms. The molecule has 7 heteroatoms. The molecular weight excluding hydrogens is 341 g/mol. The maximum absolute atomic E-state index is 12.2. The van der Waals surface area contributed by atoms with E-state index in [0.29, 0.717) is 6.42 Å². The maximum atomic E-state index is 12.2. The summed E-state index contributed by atoms with van der Waals surface area (Å²) in [5.41, 5.74) is -5.93. The molecule has 0 aliphatic heterocycles. The van der Waals surface area contributed by atoms with Crippen LogP contribution in [0.3, 0.4) is 0 Å². The first-order valence-corrected chi connectivity index (χ1v) is 10.4. The van der Waals surface area contributed by atoms with Crippen molar-refractivity contribution in [2.75, 3.05) is 6.61 Å². The molecule has 0 saturated heterocycles. The highest BCUT2D eigenvalue weighted by Gasteiger charge is 2.47. The summed E-state index contributed by atoms with van der Waals surface area (Å²) in [7, 11) is -5.48. The van der Waals surface area contributed by atoms with Gasteiger partial charge in [0.25, 0.3) is 0 Å². The van der Waals surface area contributed by atoms with Crippen molar-refractivity contribution in [1.29, 1.82) is 0 Å². The molecule has 0 unspecified atom stereocenters. The van der Waals surface area contributed by atoms with Gasteiger partial charge in [-0.2, -0.15) is 21.6 Å². The Morgan fingerprint density at radius 1 is 0.792 bits per heavy atom. The van der Waals surface area contributed by atoms with Crippen LogP contribution in [-0.4, -0.2) is 20.5 Å². The first-order valence-electron chi connectivity index (χ1n) is 8.97. The number of hydrogen-bond donors (Lipinski definition) is 0. The Morgan fingerprint density at radius 2 is 1.21 bits per heavy atom. The van der Waals surface area contributed by atoms with Crippen LogP contribution in [-0.2, 0) is 14.3 Å². The monoisotopic (exact) mass is 374 g/mol. The Bertz CT molecular complexity index is 417. The lowest BCUT2D eigenvalue weighted by molar-refractivity contribution is -0.0562. The molecule has 0 amide bonds. The van der Waals surface area contributed by atoms with Crippen molar-refractivity contribution in [3.05, 3.63) is 0 Å². The summed E-state index contributed by atoms with van der Waals surface area (Å²) >= 11 is 0. The zero-order valence-corrected chi connectivity index (χ0v) is 16.1. The van der Waals surface area contributed by atoms with Crippen molar-refractivity contribution in [2.45, 2.75) is 96.9 Å². The quantitative estimate of drug-likeness (QED) is 0.207. The molecule has 146 valence electrons. The van der Waals surface area contributed by atoms with Crippen LogP contribution in [0.2, 0.25) is 0 Å². The van der Waals surface area contributed by atoms with E-state index in [1.807, 2.05) is 0 Å². The van der Waals surface area contributed by atoms with E-state index < -0.39 is 27.6 Å². The van der Waals surface area contributed by atoms with Crippen LogP contribution < -0.4 is 0 Å². The van der Waals surface area contributed by atoms with E-state index in [0.717, 1.165) is 19.3 Å². The van der Waals surface area contributed by atoms with Crippen molar-refractivity contribution in [3.63, 3.8) is 0 Å². The van der Waals surface area contributed by atoms with E-state index >= 15 is 0 Å². The standard InChI is InChI=1S/C17H33F3O3S/c1-4-5-6-7-8-9-10-11-12-13-14-16(2,3)15-23-24(21,22)17(18,19)20/h4-15H2,1-3H3. The molecule has 0 radical (unpaired) electrons. The lowest BCUT2D eigenvalue weighted by atomic mass is 9.88. The highest BCUT2D eigenvalue weighted by Crippen LogP contribution is 2.29. The third kappa shape index (κ3) is 11.3. The van der Waals surface area contributed by atoms with Crippen molar-refractivity contribution in [3.8, 4) is 0 Å². The van der Waals surface area contributed by atoms with Crippen molar-refractivity contribution in [2.24, 2.45) is 5.41 Å². The molecule has 0 atom stereocenters. The van der Waals surface area contributed by atoms with Gasteiger partial charge in [0, 0.05) is 0 Å². The van der Waals surface area contributed by atoms with Crippen molar-refractivity contribution < 1.29 is 25.8 Å². The molecular formula is C17H33F3O3S. The van der Waals surface area contributed by atoms with Crippen LogP contribution in [0.4, 0.5) is 13.2 Å². The van der Waals surface area contributed by atoms with Crippen LogP contribution in [0.25, 0.3) is 0 Å². The van der Waals surface area contributed by atoms with Gasteiger partial charge in [-0.1, -0.05) is 85.0 Å². The second-order valence-electron chi connectivity index (χ2n) is 7.26. The first-order chi connectivity index (χ1) is 11.0. The van der Waals surface area contributed by atoms with Gasteiger partial charge in [-0.25, -0.2) is 0 Å². The highest BCUT2D eigenvalue weighted by atomic mass is 32.2. The molecule has 24 heavy (non-hydrogen) atoms. The average molecular weight is 375 g/mol. The Hall–Kier alpha value is -0.300. The normalized spacial score (nSPS) is 13.4. The lowest BCUT2D eigenvalue weighted by Gasteiger charge is -2.24. The van der Waals surface area contributed by atoms with Gasteiger partial charge in [-0.15, -0.1) is 0 Å². The average Bonchev–Trinajstić information content (AvgIpc) is 2.46. The van der Waals surface area contributed by atoms with Gasteiger partial charge in [0.1, 0.15) is 0 Å². The van der Waals surface area contributed by atoms with Crippen LogP contribution in [0, 0.1) is 5.41 Å². The molecule has 0 N–H and O–H groups in total. The van der Waals surface area contributed by atoms with Crippen LogP contribution in [0.1, 0.15) is 91.4 Å². The van der Waals surface area contributed by atoms with E-state index in [1.54, 1.807) is 13.8 Å². The SMILES string of the molecule is CCCCCCCCCCCCC(C)(C)COS(=O)(=O)C(F)(F)F. The van der Waals surface area contributed by atoms with Crippen LogP contribution >= 0.6 is 0 Å². The van der Waals surface area contributed by atoms with E-state index in [9.17, 15) is 21.6 Å². The fourth-order valence-electron chi connectivity index (χ4n) is 2.47. The summed E-state index contributed by atoms with van der Waals surface area (Å²) in [6.07, 6.45) is 12.5. The molecule has 0 aliphatic carbocycles. The fourth-order valence-corrected chi connectivity index (χ4v) is 3.07. The summed E-state index contributed by atoms with van der Waals surface area (Å²) < 4.78 is 62.6. The third-order valence-electron chi connectivity index (χ3n) is 4.10. The molecule has 0 rings (SSSR count). The van der Waals surface area contributed by atoms with Gasteiger partial charge in [0.2, 0.25) is 0 Å². The number of hydrogen-bond acceptors (Lipinski definition) is 3. The molecule has 0 aromatic rings. The third-order valence-corrected chi connectivity index (χ3v) is 5.09. The van der Waals surface area contributed by atoms with Gasteiger partial charge in [0.15, 0.2) is 0 Å². The van der Waals surface area contributed by atoms with Crippen molar-refractivity contribution in [1.82, 2.24) is 0 Å². The molecule has 0 aromatic heterocycles. The zero-order valence-electron chi connectivity index (χ0n) is 15.3. The van der Waals surface area contributed by atoms with E-state index in [4.69, 9.17) is 0 Å². The molecule has 0 heterocycles. The Labute approximate surface area is 145 Å². The Morgan fingerprint density at radius 3 is 1.62 bits per heavy atom. The summed E-state index contributed by atoms with van der Waals surface area (Å²) in [4.78, 5) is 0. The number of rotatable bonds is 14. The molecule has 3 nitrogen and oxygen atoms in total. The van der Waals surface area contributed by atoms with E-state index in [-0.39, 0.29) is 0 Å². The van der Waals surface area contributed by atoms with Gasteiger partial charge < -0.3 is 0 Å². The smallest absolute Gasteiger partial charge is 0.263 e. The largest absolute Gasteiger partial charge is 0.523 e. The Kier molecular flexibility index (Phi) is 11.2. The summed E-state index contributed by atoms with van der Waals surface area (Å²) in [6, 6.07) is 0. The number of halogens is 3. The molecule has 0 aliphatic rings. The zero-order chi connectivity index (χ0) is 18.7. The molecule has 0 bridgehead atoms. The van der Waals surface area contributed by atoms with Gasteiger partial charge in [0.05, 0.1) is 6.61 Å². The predicted molar refractivity (Wildman–Crippen MR) is 91.2 cm³/mol. The summed E-state index contributed by atoms with van der Waals surface area (Å²) in [5.74, 6) is 0. The fraction of sp³-hybridized carbons (Fsp3) is 1.00. The molecule has 0 aromatic carbocycles. The molecule has 0 fully saturated rings. The summed E-state index contributed by atoms with van der Waals surface area (Å²) in [5, 5.41) is 0. The minimum atomic E-state index is -5.48. The van der Waals surface area contributed by atoms with Gasteiger partial charge in [-0.05, 0) is 11.8 Å². The van der Waals surface area contributed by atoms with Gasteiger partial charge in [-0.3, -0.25) is 4.18 Å². The second kappa shape index (κ2) is 11.3. The van der Waals surface area contributed by atoms with E-state index in [2.05, 4.69) is 11.1 Å². The summed E-state index contributed by atoms with van der Waals surface area (Å²) in [6.45, 7) is 5.22. The Balaban J connectivity index is 3.75.